The molecule has 0 saturated carbocycles. The fraction of sp³-hybridized carbons (Fsp3) is 0.350. The van der Waals surface area contributed by atoms with Gasteiger partial charge in [0.05, 0.1) is 31.5 Å². The van der Waals surface area contributed by atoms with Gasteiger partial charge in [-0.05, 0) is 24.9 Å². The van der Waals surface area contributed by atoms with Crippen LogP contribution in [-0.4, -0.2) is 38.1 Å². The first-order valence-electron chi connectivity index (χ1n) is 8.62. The van der Waals surface area contributed by atoms with Gasteiger partial charge in [0.25, 0.3) is 0 Å². The smallest absolute Gasteiger partial charge is 0.238 e. The van der Waals surface area contributed by atoms with Gasteiger partial charge < -0.3 is 14.8 Å². The zero-order chi connectivity index (χ0) is 18.5. The molecule has 0 bridgehead atoms. The highest BCUT2D eigenvalue weighted by atomic mass is 35.5. The Kier molecular flexibility index (Phi) is 6.01. The maximum Gasteiger partial charge on any atom is 0.238 e. The van der Waals surface area contributed by atoms with Gasteiger partial charge in [-0.25, -0.2) is 0 Å². The molecule has 1 aliphatic heterocycles. The van der Waals surface area contributed by atoms with Gasteiger partial charge in [0.2, 0.25) is 5.91 Å². The predicted molar refractivity (Wildman–Crippen MR) is 103 cm³/mol. The molecular formula is C20H23ClN2O3. The third kappa shape index (κ3) is 4.11. The summed E-state index contributed by atoms with van der Waals surface area (Å²) in [6.07, 6.45) is 2.15. The van der Waals surface area contributed by atoms with Crippen molar-refractivity contribution >= 4 is 23.2 Å². The number of ether oxygens (including phenoxy) is 2. The molecule has 0 unspecified atom stereocenters. The molecule has 6 heteroatoms. The summed E-state index contributed by atoms with van der Waals surface area (Å²) in [6, 6.07) is 13.9. The van der Waals surface area contributed by atoms with E-state index in [4.69, 9.17) is 21.1 Å². The summed E-state index contributed by atoms with van der Waals surface area (Å²) >= 11 is 6.12. The van der Waals surface area contributed by atoms with Crippen molar-refractivity contribution in [2.75, 3.05) is 32.6 Å². The third-order valence-electron chi connectivity index (χ3n) is 4.64. The van der Waals surface area contributed by atoms with E-state index in [1.165, 1.54) is 12.7 Å². The summed E-state index contributed by atoms with van der Waals surface area (Å²) in [5.74, 6) is 0.909. The van der Waals surface area contributed by atoms with Crippen LogP contribution in [0.15, 0.2) is 42.5 Å². The first-order chi connectivity index (χ1) is 12.6. The molecule has 1 amide bonds. The number of benzene rings is 2. The van der Waals surface area contributed by atoms with E-state index in [1.807, 2.05) is 18.2 Å². The lowest BCUT2D eigenvalue weighted by atomic mass is 10.0. The molecule has 26 heavy (non-hydrogen) atoms. The van der Waals surface area contributed by atoms with Gasteiger partial charge >= 0.3 is 0 Å². The number of carbonyl (C=O) groups excluding carboxylic acids is 1. The number of hydrogen-bond acceptors (Lipinski definition) is 4. The minimum atomic E-state index is -0.0875. The number of rotatable bonds is 6. The summed E-state index contributed by atoms with van der Waals surface area (Å²) in [4.78, 5) is 14.8. The fourth-order valence-corrected chi connectivity index (χ4v) is 3.63. The van der Waals surface area contributed by atoms with Gasteiger partial charge in [-0.1, -0.05) is 41.9 Å². The highest BCUT2D eigenvalue weighted by molar-refractivity contribution is 6.32. The minimum absolute atomic E-state index is 0.0875. The van der Waals surface area contributed by atoms with Crippen LogP contribution in [0.2, 0.25) is 5.02 Å². The summed E-state index contributed by atoms with van der Waals surface area (Å²) in [5, 5.41) is 3.35. The molecule has 0 spiro atoms. The molecule has 1 fully saturated rings. The average molecular weight is 375 g/mol. The molecule has 1 N–H and O–H groups in total. The van der Waals surface area contributed by atoms with Crippen LogP contribution < -0.4 is 14.8 Å². The molecule has 5 nitrogen and oxygen atoms in total. The Hall–Kier alpha value is -2.24. The van der Waals surface area contributed by atoms with Crippen LogP contribution in [0.1, 0.15) is 24.4 Å². The van der Waals surface area contributed by atoms with Gasteiger partial charge in [0.1, 0.15) is 11.5 Å². The number of methoxy groups -OCH3 is 2. The maximum absolute atomic E-state index is 12.6. The van der Waals surface area contributed by atoms with Crippen LogP contribution in [-0.2, 0) is 4.79 Å². The summed E-state index contributed by atoms with van der Waals surface area (Å²) in [6.45, 7) is 1.24. The summed E-state index contributed by atoms with van der Waals surface area (Å²) in [5.41, 5.74) is 1.80. The normalized spacial score (nSPS) is 17.1. The van der Waals surface area contributed by atoms with Crippen molar-refractivity contribution in [3.05, 3.63) is 53.1 Å². The molecule has 3 rings (SSSR count). The standard InChI is InChI=1S/C20H23ClN2O3/c1-25-18-12-16(19(26-2)11-15(18)21)22-20(24)13-23-10-6-9-17(23)14-7-4-3-5-8-14/h3-5,7-8,11-12,17H,6,9-10,13H2,1-2H3,(H,22,24)/t17-/m0/s1. The highest BCUT2D eigenvalue weighted by Gasteiger charge is 2.27. The van der Waals surface area contributed by atoms with E-state index in [0.717, 1.165) is 19.4 Å². The van der Waals surface area contributed by atoms with Crippen LogP contribution in [0.4, 0.5) is 5.69 Å². The number of likely N-dealkylation sites (tertiary alicyclic amines) is 1. The molecule has 0 aromatic heterocycles. The average Bonchev–Trinajstić information content (AvgIpc) is 3.11. The van der Waals surface area contributed by atoms with Crippen molar-refractivity contribution < 1.29 is 14.3 Å². The van der Waals surface area contributed by atoms with E-state index >= 15 is 0 Å². The van der Waals surface area contributed by atoms with Crippen LogP contribution in [0, 0.1) is 0 Å². The molecule has 0 radical (unpaired) electrons. The zero-order valence-corrected chi connectivity index (χ0v) is 15.8. The minimum Gasteiger partial charge on any atom is -0.495 e. The van der Waals surface area contributed by atoms with Crippen LogP contribution in [0.25, 0.3) is 0 Å². The topological polar surface area (TPSA) is 50.8 Å². The number of amides is 1. The Balaban J connectivity index is 1.71. The second kappa shape index (κ2) is 8.43. The SMILES string of the molecule is COc1cc(NC(=O)CN2CCC[C@H]2c2ccccc2)c(OC)cc1Cl. The Morgan fingerprint density at radius 3 is 2.62 bits per heavy atom. The number of nitrogens with zero attached hydrogens (tertiary/aromatic N) is 1. The van der Waals surface area contributed by atoms with Crippen LogP contribution in [0.3, 0.4) is 0 Å². The zero-order valence-electron chi connectivity index (χ0n) is 15.0. The largest absolute Gasteiger partial charge is 0.495 e. The number of anilines is 1. The van der Waals surface area contributed by atoms with Crippen molar-refractivity contribution in [2.24, 2.45) is 0 Å². The molecule has 0 aliphatic carbocycles. The third-order valence-corrected chi connectivity index (χ3v) is 4.94. The molecule has 1 saturated heterocycles. The van der Waals surface area contributed by atoms with Crippen molar-refractivity contribution in [1.29, 1.82) is 0 Å². The monoisotopic (exact) mass is 374 g/mol. The van der Waals surface area contributed by atoms with Crippen molar-refractivity contribution in [2.45, 2.75) is 18.9 Å². The summed E-state index contributed by atoms with van der Waals surface area (Å²) < 4.78 is 10.5. The lowest BCUT2D eigenvalue weighted by Gasteiger charge is -2.24. The highest BCUT2D eigenvalue weighted by Crippen LogP contribution is 2.36. The first kappa shape index (κ1) is 18.5. The lowest BCUT2D eigenvalue weighted by Crippen LogP contribution is -2.33. The quantitative estimate of drug-likeness (QED) is 0.825. The molecular weight excluding hydrogens is 352 g/mol. The number of halogens is 1. The second-order valence-corrected chi connectivity index (χ2v) is 6.68. The molecule has 1 heterocycles. The molecule has 2 aromatic rings. The van der Waals surface area contributed by atoms with Crippen LogP contribution in [0.5, 0.6) is 11.5 Å². The Bertz CT molecular complexity index is 767. The Morgan fingerprint density at radius 2 is 1.92 bits per heavy atom. The van der Waals surface area contributed by atoms with Crippen molar-refractivity contribution in [3.63, 3.8) is 0 Å². The van der Waals surface area contributed by atoms with E-state index in [0.29, 0.717) is 28.8 Å². The maximum atomic E-state index is 12.6. The second-order valence-electron chi connectivity index (χ2n) is 6.27. The molecule has 138 valence electrons. The van der Waals surface area contributed by atoms with Crippen LogP contribution >= 0.6 is 11.6 Å². The fourth-order valence-electron chi connectivity index (χ4n) is 3.40. The van der Waals surface area contributed by atoms with Crippen molar-refractivity contribution in [1.82, 2.24) is 4.90 Å². The van der Waals surface area contributed by atoms with Crippen molar-refractivity contribution in [3.8, 4) is 11.5 Å². The number of nitrogens with one attached hydrogen (secondary N) is 1. The van der Waals surface area contributed by atoms with E-state index < -0.39 is 0 Å². The van der Waals surface area contributed by atoms with Gasteiger partial charge in [-0.15, -0.1) is 0 Å². The van der Waals surface area contributed by atoms with Gasteiger partial charge in [-0.3, -0.25) is 9.69 Å². The number of carbonyl (C=O) groups is 1. The van der Waals surface area contributed by atoms with E-state index in [2.05, 4.69) is 22.3 Å². The summed E-state index contributed by atoms with van der Waals surface area (Å²) in [7, 11) is 3.08. The van der Waals surface area contributed by atoms with Gasteiger partial charge in [0.15, 0.2) is 0 Å². The van der Waals surface area contributed by atoms with E-state index in [1.54, 1.807) is 19.2 Å². The Morgan fingerprint density at radius 1 is 1.19 bits per heavy atom. The molecule has 1 aliphatic rings. The molecule has 1 atom stereocenters. The lowest BCUT2D eigenvalue weighted by molar-refractivity contribution is -0.117. The first-order valence-corrected chi connectivity index (χ1v) is 9.00. The van der Waals surface area contributed by atoms with Gasteiger partial charge in [0, 0.05) is 18.2 Å². The van der Waals surface area contributed by atoms with E-state index in [9.17, 15) is 4.79 Å². The van der Waals surface area contributed by atoms with Gasteiger partial charge in [-0.2, -0.15) is 0 Å². The molecule has 2 aromatic carbocycles. The Labute approximate surface area is 158 Å². The predicted octanol–water partition coefficient (Wildman–Crippen LogP) is 4.13. The van der Waals surface area contributed by atoms with E-state index in [-0.39, 0.29) is 11.9 Å². The number of hydrogen-bond donors (Lipinski definition) is 1.